The Hall–Kier alpha value is -2.25. The lowest BCUT2D eigenvalue weighted by Crippen LogP contribution is -2.39. The maximum Gasteiger partial charge on any atom is 0.251 e. The molecular weight excluding hydrogens is 317 g/mol. The van der Waals surface area contributed by atoms with Crippen LogP contribution in [0.4, 0.5) is 9.39 Å². The van der Waals surface area contributed by atoms with Gasteiger partial charge in [0.2, 0.25) is 5.91 Å². The van der Waals surface area contributed by atoms with Crippen LogP contribution in [0.2, 0.25) is 0 Å². The molecule has 0 aliphatic heterocycles. The van der Waals surface area contributed by atoms with E-state index in [1.807, 2.05) is 0 Å². The average molecular weight is 335 g/mol. The quantitative estimate of drug-likeness (QED) is 0.759. The van der Waals surface area contributed by atoms with E-state index in [4.69, 9.17) is 5.73 Å². The van der Waals surface area contributed by atoms with Gasteiger partial charge in [-0.05, 0) is 31.4 Å². The van der Waals surface area contributed by atoms with Gasteiger partial charge in [0.1, 0.15) is 10.8 Å². The van der Waals surface area contributed by atoms with Crippen molar-refractivity contribution in [1.29, 1.82) is 0 Å². The van der Waals surface area contributed by atoms with Crippen molar-refractivity contribution in [1.82, 2.24) is 5.32 Å². The molecule has 0 saturated carbocycles. The van der Waals surface area contributed by atoms with Crippen LogP contribution in [0.3, 0.4) is 0 Å². The molecule has 0 fully saturated rings. The predicted octanol–water partition coefficient (Wildman–Crippen LogP) is 2.66. The lowest BCUT2D eigenvalue weighted by molar-refractivity contribution is -0.117. The third-order valence-corrected chi connectivity index (χ3v) is 4.26. The summed E-state index contributed by atoms with van der Waals surface area (Å²) in [6, 6.07) is 7.05. The fourth-order valence-electron chi connectivity index (χ4n) is 2.19. The highest BCUT2D eigenvalue weighted by atomic mass is 32.1. The van der Waals surface area contributed by atoms with Crippen LogP contribution in [0.5, 0.6) is 0 Å². The first-order valence-electron chi connectivity index (χ1n) is 7.08. The highest BCUT2D eigenvalue weighted by Gasteiger charge is 2.20. The maximum atomic E-state index is 13.7. The summed E-state index contributed by atoms with van der Waals surface area (Å²) in [6.07, 6.45) is 0. The molecule has 0 unspecified atom stereocenters. The van der Waals surface area contributed by atoms with Crippen LogP contribution < -0.4 is 16.4 Å². The van der Waals surface area contributed by atoms with Crippen LogP contribution >= 0.6 is 11.3 Å². The molecule has 0 spiro atoms. The highest BCUT2D eigenvalue weighted by Crippen LogP contribution is 2.23. The van der Waals surface area contributed by atoms with Crippen molar-refractivity contribution in [2.24, 2.45) is 5.73 Å². The molecule has 2 aromatic rings. The molecule has 0 aliphatic rings. The Morgan fingerprint density at radius 1 is 1.22 bits per heavy atom. The smallest absolute Gasteiger partial charge is 0.251 e. The summed E-state index contributed by atoms with van der Waals surface area (Å²) in [4.78, 5) is 23.5. The molecule has 4 N–H and O–H groups in total. The molecule has 0 bridgehead atoms. The number of amides is 2. The number of hydrogen-bond donors (Lipinski definition) is 3. The monoisotopic (exact) mass is 335 g/mol. The minimum atomic E-state index is -0.595. The Balaban J connectivity index is 2.01. The fraction of sp³-hybridized carbons (Fsp3) is 0.250. The maximum absolute atomic E-state index is 13.7. The third-order valence-electron chi connectivity index (χ3n) is 3.43. The summed E-state index contributed by atoms with van der Waals surface area (Å²) < 4.78 is 13.7. The number of thiophene rings is 1. The van der Waals surface area contributed by atoms with Crippen LogP contribution in [0.1, 0.15) is 35.8 Å². The Bertz CT molecular complexity index is 717. The number of primary amides is 1. The molecule has 0 aliphatic carbocycles. The number of rotatable bonds is 6. The van der Waals surface area contributed by atoms with E-state index in [1.165, 1.54) is 17.4 Å². The third kappa shape index (κ3) is 4.14. The Morgan fingerprint density at radius 2 is 1.91 bits per heavy atom. The Morgan fingerprint density at radius 3 is 2.57 bits per heavy atom. The van der Waals surface area contributed by atoms with E-state index in [2.05, 4.69) is 10.6 Å². The number of nitrogens with two attached hydrogens (primary N) is 1. The SMILES string of the molecule is C[C@H](N[C@@H](C)c1ccccc1F)C(=O)Nc1sccc1C(N)=O. The Labute approximate surface area is 137 Å². The molecule has 2 rings (SSSR count). The molecule has 7 heteroatoms. The normalized spacial score (nSPS) is 13.3. The zero-order chi connectivity index (χ0) is 17.0. The van der Waals surface area contributed by atoms with E-state index in [0.29, 0.717) is 10.6 Å². The molecule has 0 saturated heterocycles. The fourth-order valence-corrected chi connectivity index (χ4v) is 2.98. The van der Waals surface area contributed by atoms with E-state index < -0.39 is 11.9 Å². The van der Waals surface area contributed by atoms with Gasteiger partial charge in [-0.1, -0.05) is 18.2 Å². The van der Waals surface area contributed by atoms with Crippen molar-refractivity contribution in [2.75, 3.05) is 5.32 Å². The standard InChI is InChI=1S/C16H18FN3O2S/c1-9(11-5-3-4-6-13(11)17)19-10(2)15(22)20-16-12(14(18)21)7-8-23-16/h3-10,19H,1-2H3,(H2,18,21)(H,20,22)/t9-,10-/m0/s1. The second-order valence-corrected chi connectivity index (χ2v) is 6.06. The van der Waals surface area contributed by atoms with Crippen molar-refractivity contribution in [3.05, 3.63) is 52.7 Å². The largest absolute Gasteiger partial charge is 0.366 e. The number of nitrogens with one attached hydrogen (secondary N) is 2. The lowest BCUT2D eigenvalue weighted by atomic mass is 10.1. The minimum Gasteiger partial charge on any atom is -0.366 e. The molecular formula is C16H18FN3O2S. The number of carbonyl (C=O) groups is 2. The van der Waals surface area contributed by atoms with Gasteiger partial charge in [-0.25, -0.2) is 4.39 Å². The van der Waals surface area contributed by atoms with E-state index in [1.54, 1.807) is 43.5 Å². The highest BCUT2D eigenvalue weighted by molar-refractivity contribution is 7.14. The van der Waals surface area contributed by atoms with Gasteiger partial charge in [0.25, 0.3) is 5.91 Å². The van der Waals surface area contributed by atoms with E-state index in [0.717, 1.165) is 0 Å². The number of benzene rings is 1. The minimum absolute atomic E-state index is 0.276. The van der Waals surface area contributed by atoms with Crippen molar-refractivity contribution < 1.29 is 14.0 Å². The topological polar surface area (TPSA) is 84.2 Å². The van der Waals surface area contributed by atoms with Crippen molar-refractivity contribution in [3.63, 3.8) is 0 Å². The molecule has 2 atom stereocenters. The number of halogens is 1. The molecule has 122 valence electrons. The molecule has 5 nitrogen and oxygen atoms in total. The van der Waals surface area contributed by atoms with Gasteiger partial charge in [0.05, 0.1) is 11.6 Å². The van der Waals surface area contributed by atoms with E-state index >= 15 is 0 Å². The first-order chi connectivity index (χ1) is 10.9. The average Bonchev–Trinajstić information content (AvgIpc) is 2.95. The molecule has 0 radical (unpaired) electrons. The van der Waals surface area contributed by atoms with Crippen LogP contribution in [-0.2, 0) is 4.79 Å². The zero-order valence-corrected chi connectivity index (χ0v) is 13.6. The summed E-state index contributed by atoms with van der Waals surface area (Å²) in [5.41, 5.74) is 6.01. The van der Waals surface area contributed by atoms with Crippen molar-refractivity contribution >= 4 is 28.2 Å². The summed E-state index contributed by atoms with van der Waals surface area (Å²) in [5.74, 6) is -1.24. The molecule has 2 amide bonds. The van der Waals surface area contributed by atoms with Crippen molar-refractivity contribution in [2.45, 2.75) is 25.9 Å². The summed E-state index contributed by atoms with van der Waals surface area (Å²) >= 11 is 1.22. The van der Waals surface area contributed by atoms with Gasteiger partial charge < -0.3 is 11.1 Å². The summed E-state index contributed by atoms with van der Waals surface area (Å²) in [5, 5.41) is 7.79. The summed E-state index contributed by atoms with van der Waals surface area (Å²) in [6.45, 7) is 3.45. The van der Waals surface area contributed by atoms with Gasteiger partial charge in [0.15, 0.2) is 0 Å². The van der Waals surface area contributed by atoms with Crippen LogP contribution in [0, 0.1) is 5.82 Å². The van der Waals surface area contributed by atoms with Gasteiger partial charge >= 0.3 is 0 Å². The number of anilines is 1. The van der Waals surface area contributed by atoms with E-state index in [9.17, 15) is 14.0 Å². The predicted molar refractivity (Wildman–Crippen MR) is 88.9 cm³/mol. The van der Waals surface area contributed by atoms with Gasteiger partial charge in [-0.3, -0.25) is 14.9 Å². The first-order valence-corrected chi connectivity index (χ1v) is 7.96. The molecule has 1 aromatic heterocycles. The molecule has 23 heavy (non-hydrogen) atoms. The number of carbonyl (C=O) groups excluding carboxylic acids is 2. The molecule has 1 aromatic carbocycles. The first kappa shape index (κ1) is 17.1. The van der Waals surface area contributed by atoms with Gasteiger partial charge in [-0.2, -0.15) is 0 Å². The van der Waals surface area contributed by atoms with Crippen molar-refractivity contribution in [3.8, 4) is 0 Å². The van der Waals surface area contributed by atoms with Crippen LogP contribution in [0.25, 0.3) is 0 Å². The summed E-state index contributed by atoms with van der Waals surface area (Å²) in [7, 11) is 0. The molecule has 1 heterocycles. The second-order valence-electron chi connectivity index (χ2n) is 5.15. The van der Waals surface area contributed by atoms with Crippen LogP contribution in [-0.4, -0.2) is 17.9 Å². The lowest BCUT2D eigenvalue weighted by Gasteiger charge is -2.20. The van der Waals surface area contributed by atoms with E-state index in [-0.39, 0.29) is 23.3 Å². The zero-order valence-electron chi connectivity index (χ0n) is 12.8. The Kier molecular flexibility index (Phi) is 5.46. The number of hydrogen-bond acceptors (Lipinski definition) is 4. The van der Waals surface area contributed by atoms with Crippen LogP contribution in [0.15, 0.2) is 35.7 Å². The van der Waals surface area contributed by atoms with Gasteiger partial charge in [-0.15, -0.1) is 11.3 Å². The second kappa shape index (κ2) is 7.34. The van der Waals surface area contributed by atoms with Gasteiger partial charge in [0, 0.05) is 11.6 Å².